The van der Waals surface area contributed by atoms with E-state index in [0.29, 0.717) is 23.0 Å². The normalized spacial score (nSPS) is 10.7. The number of hydrogen-bond donors (Lipinski definition) is 1. The van der Waals surface area contributed by atoms with Crippen LogP contribution < -0.4 is 5.32 Å². The Morgan fingerprint density at radius 1 is 1.30 bits per heavy atom. The maximum absolute atomic E-state index is 12.2. The van der Waals surface area contributed by atoms with Crippen LogP contribution in [0.2, 0.25) is 0 Å². The summed E-state index contributed by atoms with van der Waals surface area (Å²) in [7, 11) is 1.57. The van der Waals surface area contributed by atoms with E-state index in [4.69, 9.17) is 4.74 Å². The topological polar surface area (TPSA) is 81.9 Å². The van der Waals surface area contributed by atoms with Crippen molar-refractivity contribution >= 4 is 17.2 Å². The Kier molecular flexibility index (Phi) is 4.74. The number of aromatic nitrogens is 4. The largest absolute Gasteiger partial charge is 0.378 e. The number of thiazole rings is 1. The van der Waals surface area contributed by atoms with Crippen molar-refractivity contribution in [3.63, 3.8) is 0 Å². The first-order valence-electron chi connectivity index (χ1n) is 6.93. The second kappa shape index (κ2) is 7.12. The van der Waals surface area contributed by atoms with Crippen LogP contribution in [0, 0.1) is 0 Å². The minimum absolute atomic E-state index is 0.199. The lowest BCUT2D eigenvalue weighted by Crippen LogP contribution is -2.23. The van der Waals surface area contributed by atoms with Crippen LogP contribution in [0.15, 0.2) is 42.2 Å². The van der Waals surface area contributed by atoms with E-state index in [-0.39, 0.29) is 12.5 Å². The van der Waals surface area contributed by atoms with Crippen LogP contribution in [0.1, 0.15) is 21.2 Å². The number of benzene rings is 1. The number of ether oxygens (including phenoxy) is 1. The van der Waals surface area contributed by atoms with Crippen LogP contribution in [0.3, 0.4) is 0 Å². The second-order valence-electron chi connectivity index (χ2n) is 4.68. The summed E-state index contributed by atoms with van der Waals surface area (Å²) < 4.78 is 6.70. The van der Waals surface area contributed by atoms with Gasteiger partial charge in [-0.1, -0.05) is 18.2 Å². The van der Waals surface area contributed by atoms with Crippen molar-refractivity contribution in [2.45, 2.75) is 13.2 Å². The van der Waals surface area contributed by atoms with Crippen molar-refractivity contribution in [2.24, 2.45) is 0 Å². The highest BCUT2D eigenvalue weighted by Gasteiger charge is 2.15. The van der Waals surface area contributed by atoms with Gasteiger partial charge in [-0.25, -0.2) is 14.6 Å². The molecule has 7 nitrogen and oxygen atoms in total. The van der Waals surface area contributed by atoms with Gasteiger partial charge >= 0.3 is 0 Å². The van der Waals surface area contributed by atoms with Gasteiger partial charge in [0.15, 0.2) is 5.82 Å². The van der Waals surface area contributed by atoms with Crippen molar-refractivity contribution in [1.82, 2.24) is 25.1 Å². The second-order valence-corrected chi connectivity index (χ2v) is 5.54. The number of hydrogen-bond acceptors (Lipinski definition) is 6. The summed E-state index contributed by atoms with van der Waals surface area (Å²) >= 11 is 1.29. The van der Waals surface area contributed by atoms with E-state index in [9.17, 15) is 4.79 Å². The fourth-order valence-electron chi connectivity index (χ4n) is 2.02. The number of para-hydroxylation sites is 1. The predicted molar refractivity (Wildman–Crippen MR) is 85.4 cm³/mol. The van der Waals surface area contributed by atoms with Gasteiger partial charge in [0.2, 0.25) is 0 Å². The molecule has 0 atom stereocenters. The van der Waals surface area contributed by atoms with E-state index in [1.165, 1.54) is 11.3 Å². The van der Waals surface area contributed by atoms with Gasteiger partial charge in [-0.3, -0.25) is 4.79 Å². The van der Waals surface area contributed by atoms with Crippen molar-refractivity contribution < 1.29 is 9.53 Å². The van der Waals surface area contributed by atoms with E-state index in [2.05, 4.69) is 20.4 Å². The first kappa shape index (κ1) is 15.3. The van der Waals surface area contributed by atoms with Crippen molar-refractivity contribution in [2.75, 3.05) is 7.11 Å². The summed E-state index contributed by atoms with van der Waals surface area (Å²) in [6, 6.07) is 9.67. The van der Waals surface area contributed by atoms with Gasteiger partial charge in [-0.2, -0.15) is 0 Å². The van der Waals surface area contributed by atoms with E-state index >= 15 is 0 Å². The molecule has 2 aromatic heterocycles. The number of nitrogens with zero attached hydrogens (tertiary/aromatic N) is 4. The average molecular weight is 329 g/mol. The molecule has 0 aliphatic heterocycles. The van der Waals surface area contributed by atoms with Gasteiger partial charge in [0.1, 0.15) is 11.2 Å². The molecule has 0 saturated heterocycles. The molecule has 1 N–H and O–H groups in total. The van der Waals surface area contributed by atoms with E-state index < -0.39 is 0 Å². The SMILES string of the molecule is COCc1ncsc1C(=O)NCc1ncn(-c2ccccc2)n1. The third kappa shape index (κ3) is 3.61. The van der Waals surface area contributed by atoms with E-state index in [1.807, 2.05) is 30.3 Å². The zero-order valence-electron chi connectivity index (χ0n) is 12.5. The molecular weight excluding hydrogens is 314 g/mol. The number of methoxy groups -OCH3 is 1. The monoisotopic (exact) mass is 329 g/mol. The number of rotatable bonds is 6. The van der Waals surface area contributed by atoms with Gasteiger partial charge in [-0.05, 0) is 12.1 Å². The number of amides is 1. The molecule has 23 heavy (non-hydrogen) atoms. The molecule has 0 aliphatic carbocycles. The number of nitrogens with one attached hydrogen (secondary N) is 1. The maximum Gasteiger partial charge on any atom is 0.263 e. The van der Waals surface area contributed by atoms with Gasteiger partial charge in [-0.15, -0.1) is 16.4 Å². The Hall–Kier alpha value is -2.58. The molecule has 3 rings (SSSR count). The molecule has 0 fully saturated rings. The van der Waals surface area contributed by atoms with Crippen LogP contribution in [-0.2, 0) is 17.9 Å². The Balaban J connectivity index is 1.63. The van der Waals surface area contributed by atoms with Gasteiger partial charge in [0.05, 0.1) is 30.0 Å². The molecule has 0 radical (unpaired) electrons. The zero-order chi connectivity index (χ0) is 16.1. The molecule has 1 amide bonds. The van der Waals surface area contributed by atoms with Gasteiger partial charge in [0.25, 0.3) is 5.91 Å². The standard InChI is InChI=1S/C15H15N5O2S/c1-22-8-12-14(23-10-18-12)15(21)16-7-13-17-9-20(19-13)11-5-3-2-4-6-11/h2-6,9-10H,7-8H2,1H3,(H,16,21). The van der Waals surface area contributed by atoms with E-state index in [0.717, 1.165) is 5.69 Å². The third-order valence-corrected chi connectivity index (χ3v) is 3.96. The highest BCUT2D eigenvalue weighted by Crippen LogP contribution is 2.14. The minimum Gasteiger partial charge on any atom is -0.378 e. The lowest BCUT2D eigenvalue weighted by molar-refractivity contribution is 0.0949. The fraction of sp³-hybridized carbons (Fsp3) is 0.200. The Morgan fingerprint density at radius 2 is 2.13 bits per heavy atom. The summed E-state index contributed by atoms with van der Waals surface area (Å²) in [6.07, 6.45) is 1.62. The van der Waals surface area contributed by atoms with Crippen LogP contribution in [0.4, 0.5) is 0 Å². The summed E-state index contributed by atoms with van der Waals surface area (Å²) in [6.45, 7) is 0.566. The molecule has 1 aromatic carbocycles. The van der Waals surface area contributed by atoms with Crippen molar-refractivity contribution in [3.05, 3.63) is 58.6 Å². The molecule has 3 aromatic rings. The van der Waals surface area contributed by atoms with Crippen molar-refractivity contribution in [3.8, 4) is 5.69 Å². The lowest BCUT2D eigenvalue weighted by Gasteiger charge is -2.03. The smallest absolute Gasteiger partial charge is 0.263 e. The molecular formula is C15H15N5O2S. The third-order valence-electron chi connectivity index (χ3n) is 3.10. The summed E-state index contributed by atoms with van der Waals surface area (Å²) in [4.78, 5) is 21.1. The first-order chi connectivity index (χ1) is 11.3. The summed E-state index contributed by atoms with van der Waals surface area (Å²) in [5, 5.41) is 7.15. The Bertz CT molecular complexity index is 784. The molecule has 0 saturated carbocycles. The quantitative estimate of drug-likeness (QED) is 0.746. The van der Waals surface area contributed by atoms with Crippen LogP contribution >= 0.6 is 11.3 Å². The molecule has 0 spiro atoms. The molecule has 2 heterocycles. The first-order valence-corrected chi connectivity index (χ1v) is 7.81. The highest BCUT2D eigenvalue weighted by molar-refractivity contribution is 7.11. The molecule has 8 heteroatoms. The summed E-state index contributed by atoms with van der Waals surface area (Å²) in [5.74, 6) is 0.343. The van der Waals surface area contributed by atoms with Gasteiger partial charge in [0, 0.05) is 7.11 Å². The van der Waals surface area contributed by atoms with E-state index in [1.54, 1.807) is 23.6 Å². The molecule has 0 bridgehead atoms. The van der Waals surface area contributed by atoms with Crippen LogP contribution in [0.5, 0.6) is 0 Å². The lowest BCUT2D eigenvalue weighted by atomic mass is 10.3. The Morgan fingerprint density at radius 3 is 2.91 bits per heavy atom. The van der Waals surface area contributed by atoms with Crippen LogP contribution in [-0.4, -0.2) is 32.8 Å². The van der Waals surface area contributed by atoms with Crippen molar-refractivity contribution in [1.29, 1.82) is 0 Å². The predicted octanol–water partition coefficient (Wildman–Crippen LogP) is 1.80. The zero-order valence-corrected chi connectivity index (χ0v) is 13.3. The molecule has 118 valence electrons. The molecule has 0 unspecified atom stereocenters. The maximum atomic E-state index is 12.2. The average Bonchev–Trinajstić information content (AvgIpc) is 3.23. The summed E-state index contributed by atoms with van der Waals surface area (Å²) in [5.41, 5.74) is 3.19. The molecule has 0 aliphatic rings. The number of carbonyl (C=O) groups excluding carboxylic acids is 1. The Labute approximate surface area is 137 Å². The number of carbonyl (C=O) groups is 1. The fourth-order valence-corrected chi connectivity index (χ4v) is 2.73. The highest BCUT2D eigenvalue weighted by atomic mass is 32.1. The minimum atomic E-state index is -0.199. The van der Waals surface area contributed by atoms with Gasteiger partial charge < -0.3 is 10.1 Å². The van der Waals surface area contributed by atoms with Crippen LogP contribution in [0.25, 0.3) is 5.69 Å².